The molecule has 1 amide bonds. The van der Waals surface area contributed by atoms with E-state index >= 15 is 0 Å². The van der Waals surface area contributed by atoms with Gasteiger partial charge in [-0.25, -0.2) is 0 Å². The van der Waals surface area contributed by atoms with Gasteiger partial charge in [-0.1, -0.05) is 33.6 Å². The summed E-state index contributed by atoms with van der Waals surface area (Å²) < 4.78 is 0. The van der Waals surface area contributed by atoms with Crippen LogP contribution in [0.2, 0.25) is 0 Å². The number of hydrogen-bond donors (Lipinski definition) is 0. The number of rotatable bonds is 6. The molecule has 0 bridgehead atoms. The summed E-state index contributed by atoms with van der Waals surface area (Å²) >= 11 is 0. The lowest BCUT2D eigenvalue weighted by molar-refractivity contribution is -0.141. The Morgan fingerprint density at radius 3 is 2.67 bits per heavy atom. The second kappa shape index (κ2) is 7.55. The number of unbranched alkanes of at least 4 members (excludes halogenated alkanes) is 1. The Labute approximate surface area is 111 Å². The Hall–Kier alpha value is -0.860. The molecule has 2 atom stereocenters. The topological polar surface area (TPSA) is 37.4 Å². The van der Waals surface area contributed by atoms with Gasteiger partial charge in [-0.2, -0.15) is 0 Å². The van der Waals surface area contributed by atoms with Crippen LogP contribution in [0.4, 0.5) is 0 Å². The maximum absolute atomic E-state index is 12.4. The number of ketones is 1. The Bertz CT molecular complexity index is 288. The summed E-state index contributed by atoms with van der Waals surface area (Å²) in [7, 11) is 0. The highest BCUT2D eigenvalue weighted by atomic mass is 16.2. The molecular weight excluding hydrogens is 226 g/mol. The molecule has 0 saturated carbocycles. The third kappa shape index (κ3) is 3.82. The molecule has 1 heterocycles. The maximum atomic E-state index is 12.4. The minimum Gasteiger partial charge on any atom is -0.341 e. The minimum absolute atomic E-state index is 0.0754. The molecule has 1 saturated heterocycles. The molecule has 0 spiro atoms. The zero-order chi connectivity index (χ0) is 13.5. The maximum Gasteiger partial charge on any atom is 0.225 e. The molecule has 0 N–H and O–H groups in total. The first kappa shape index (κ1) is 15.2. The van der Waals surface area contributed by atoms with E-state index in [-0.39, 0.29) is 17.7 Å². The predicted molar refractivity (Wildman–Crippen MR) is 73.3 cm³/mol. The summed E-state index contributed by atoms with van der Waals surface area (Å²) in [5.74, 6) is 0.849. The highest BCUT2D eigenvalue weighted by Gasteiger charge is 2.31. The van der Waals surface area contributed by atoms with Gasteiger partial charge < -0.3 is 4.90 Å². The van der Waals surface area contributed by atoms with Crippen molar-refractivity contribution >= 4 is 11.7 Å². The average Bonchev–Trinajstić information content (AvgIpc) is 2.40. The first-order chi connectivity index (χ1) is 8.63. The number of carbonyl (C=O) groups excluding carboxylic acids is 2. The highest BCUT2D eigenvalue weighted by Crippen LogP contribution is 2.21. The van der Waals surface area contributed by atoms with Gasteiger partial charge in [0, 0.05) is 31.3 Å². The lowest BCUT2D eigenvalue weighted by Crippen LogP contribution is -2.46. The van der Waals surface area contributed by atoms with Gasteiger partial charge in [0.25, 0.3) is 0 Å². The lowest BCUT2D eigenvalue weighted by Gasteiger charge is -2.33. The van der Waals surface area contributed by atoms with Crippen molar-refractivity contribution in [3.63, 3.8) is 0 Å². The number of likely N-dealkylation sites (tertiary alicyclic amines) is 1. The van der Waals surface area contributed by atoms with Gasteiger partial charge in [0.05, 0.1) is 0 Å². The van der Waals surface area contributed by atoms with Crippen molar-refractivity contribution in [3.05, 3.63) is 0 Å². The van der Waals surface area contributed by atoms with E-state index in [1.165, 1.54) is 0 Å². The second-order valence-electron chi connectivity index (χ2n) is 5.35. The van der Waals surface area contributed by atoms with Crippen molar-refractivity contribution in [2.75, 3.05) is 13.1 Å². The molecule has 0 aromatic carbocycles. The van der Waals surface area contributed by atoms with Crippen LogP contribution in [0.25, 0.3) is 0 Å². The Kier molecular flexibility index (Phi) is 6.37. The molecule has 1 fully saturated rings. The van der Waals surface area contributed by atoms with Crippen molar-refractivity contribution < 1.29 is 9.59 Å². The fourth-order valence-corrected chi connectivity index (χ4v) is 2.68. The molecule has 3 nitrogen and oxygen atoms in total. The van der Waals surface area contributed by atoms with E-state index in [9.17, 15) is 9.59 Å². The smallest absolute Gasteiger partial charge is 0.225 e. The average molecular weight is 253 g/mol. The second-order valence-corrected chi connectivity index (χ2v) is 5.35. The fraction of sp³-hybridized carbons (Fsp3) is 0.867. The largest absolute Gasteiger partial charge is 0.341 e. The molecule has 18 heavy (non-hydrogen) atoms. The van der Waals surface area contributed by atoms with E-state index in [1.807, 2.05) is 11.8 Å². The fourth-order valence-electron chi connectivity index (χ4n) is 2.68. The van der Waals surface area contributed by atoms with Gasteiger partial charge in [-0.3, -0.25) is 9.59 Å². The number of carbonyl (C=O) groups is 2. The van der Waals surface area contributed by atoms with Gasteiger partial charge in [0.1, 0.15) is 5.78 Å². The third-order valence-electron chi connectivity index (χ3n) is 4.08. The quantitative estimate of drug-likeness (QED) is 0.729. The summed E-state index contributed by atoms with van der Waals surface area (Å²) in [6.07, 6.45) is 5.57. The summed E-state index contributed by atoms with van der Waals surface area (Å²) in [5.41, 5.74) is 0. The van der Waals surface area contributed by atoms with Crippen LogP contribution in [0.5, 0.6) is 0 Å². The zero-order valence-electron chi connectivity index (χ0n) is 12.1. The van der Waals surface area contributed by atoms with E-state index in [1.54, 1.807) is 0 Å². The van der Waals surface area contributed by atoms with Crippen LogP contribution in [-0.2, 0) is 9.59 Å². The van der Waals surface area contributed by atoms with Crippen LogP contribution < -0.4 is 0 Å². The van der Waals surface area contributed by atoms with Crippen LogP contribution >= 0.6 is 0 Å². The zero-order valence-corrected chi connectivity index (χ0v) is 12.1. The van der Waals surface area contributed by atoms with Gasteiger partial charge in [-0.15, -0.1) is 0 Å². The molecule has 0 aliphatic carbocycles. The number of hydrogen-bond acceptors (Lipinski definition) is 2. The molecule has 1 aliphatic heterocycles. The number of piperidine rings is 1. The predicted octanol–water partition coefficient (Wildman–Crippen LogP) is 3.03. The first-order valence-electron chi connectivity index (χ1n) is 7.45. The molecule has 1 aliphatic rings. The molecule has 104 valence electrons. The molecule has 1 rings (SSSR count). The van der Waals surface area contributed by atoms with Crippen molar-refractivity contribution in [2.45, 2.75) is 59.3 Å². The number of amides is 1. The van der Waals surface area contributed by atoms with Crippen LogP contribution in [-0.4, -0.2) is 29.7 Å². The normalized spacial score (nSPS) is 22.1. The third-order valence-corrected chi connectivity index (χ3v) is 4.08. The van der Waals surface area contributed by atoms with Crippen molar-refractivity contribution in [1.82, 2.24) is 4.90 Å². The van der Waals surface area contributed by atoms with Crippen LogP contribution in [0.1, 0.15) is 59.3 Å². The molecule has 0 radical (unpaired) electrons. The van der Waals surface area contributed by atoms with Gasteiger partial charge in [-0.05, 0) is 19.3 Å². The number of Topliss-reactive ketones (excluding diaryl/α,β-unsaturated/α-hetero) is 1. The molecular formula is C15H27NO2. The Morgan fingerprint density at radius 1 is 1.39 bits per heavy atom. The van der Waals surface area contributed by atoms with E-state index in [2.05, 4.69) is 13.8 Å². The van der Waals surface area contributed by atoms with Gasteiger partial charge in [0.15, 0.2) is 0 Å². The first-order valence-corrected chi connectivity index (χ1v) is 7.45. The molecule has 3 heteroatoms. The SMILES string of the molecule is CCCCC(CC)C(=O)N1CCC(=O)C(CC)C1. The number of nitrogens with zero attached hydrogens (tertiary/aromatic N) is 1. The molecule has 0 aromatic rings. The van der Waals surface area contributed by atoms with Gasteiger partial charge in [0.2, 0.25) is 5.91 Å². The van der Waals surface area contributed by atoms with Crippen LogP contribution in [0.3, 0.4) is 0 Å². The van der Waals surface area contributed by atoms with Gasteiger partial charge >= 0.3 is 0 Å². The summed E-state index contributed by atoms with van der Waals surface area (Å²) in [5, 5.41) is 0. The van der Waals surface area contributed by atoms with E-state index in [0.717, 1.165) is 32.1 Å². The molecule has 0 aromatic heterocycles. The standard InChI is InChI=1S/C15H27NO2/c1-4-7-8-12(5-2)15(18)16-10-9-14(17)13(6-3)11-16/h12-13H,4-11H2,1-3H3. The van der Waals surface area contributed by atoms with Crippen molar-refractivity contribution in [3.8, 4) is 0 Å². The monoisotopic (exact) mass is 253 g/mol. The Morgan fingerprint density at radius 2 is 2.11 bits per heavy atom. The summed E-state index contributed by atoms with van der Waals surface area (Å²) in [6.45, 7) is 7.56. The van der Waals surface area contributed by atoms with Crippen molar-refractivity contribution in [1.29, 1.82) is 0 Å². The van der Waals surface area contributed by atoms with Crippen LogP contribution in [0.15, 0.2) is 0 Å². The summed E-state index contributed by atoms with van der Waals surface area (Å²) in [6, 6.07) is 0. The Balaban J connectivity index is 2.57. The lowest BCUT2D eigenvalue weighted by atomic mass is 9.91. The van der Waals surface area contributed by atoms with Crippen LogP contribution in [0, 0.1) is 11.8 Å². The molecule has 2 unspecified atom stereocenters. The van der Waals surface area contributed by atoms with E-state index in [4.69, 9.17) is 0 Å². The van der Waals surface area contributed by atoms with E-state index < -0.39 is 0 Å². The summed E-state index contributed by atoms with van der Waals surface area (Å²) in [4.78, 5) is 26.0. The minimum atomic E-state index is 0.0754. The highest BCUT2D eigenvalue weighted by molar-refractivity contribution is 5.86. The van der Waals surface area contributed by atoms with Crippen molar-refractivity contribution in [2.24, 2.45) is 11.8 Å². The van der Waals surface area contributed by atoms with E-state index in [0.29, 0.717) is 25.3 Å².